The van der Waals surface area contributed by atoms with E-state index in [2.05, 4.69) is 10.6 Å². The van der Waals surface area contributed by atoms with Crippen molar-refractivity contribution < 1.29 is 14.3 Å². The number of nitrogens with one attached hydrogen (secondary N) is 2. The van der Waals surface area contributed by atoms with Crippen LogP contribution in [0.4, 0.5) is 11.4 Å². The maximum atomic E-state index is 12.6. The average molecular weight is 361 g/mol. The first-order chi connectivity index (χ1) is 11.9. The number of benzene rings is 2. The average Bonchev–Trinajstić information content (AvgIpc) is 2.58. The lowest BCUT2D eigenvalue weighted by molar-refractivity contribution is -0.135. The van der Waals surface area contributed by atoms with Crippen molar-refractivity contribution in [2.45, 2.75) is 20.8 Å². The number of hydrogen-bond acceptors (Lipinski definition) is 3. The highest BCUT2D eigenvalue weighted by atomic mass is 35.5. The van der Waals surface area contributed by atoms with Crippen LogP contribution in [0.15, 0.2) is 48.5 Å². The number of carbonyl (C=O) groups excluding carboxylic acids is 2. The quantitative estimate of drug-likeness (QED) is 0.753. The highest BCUT2D eigenvalue weighted by molar-refractivity contribution is 6.34. The van der Waals surface area contributed by atoms with Crippen LogP contribution in [-0.2, 0) is 9.59 Å². The fourth-order valence-electron chi connectivity index (χ4n) is 2.07. The molecule has 2 aromatic carbocycles. The van der Waals surface area contributed by atoms with Gasteiger partial charge in [-0.3, -0.25) is 9.59 Å². The van der Waals surface area contributed by atoms with Gasteiger partial charge in [0.25, 0.3) is 0 Å². The van der Waals surface area contributed by atoms with Crippen LogP contribution in [0.3, 0.4) is 0 Å². The maximum Gasteiger partial charge on any atom is 0.239 e. The lowest BCUT2D eigenvalue weighted by Gasteiger charge is -2.23. The Morgan fingerprint density at radius 1 is 0.960 bits per heavy atom. The number of halogens is 1. The van der Waals surface area contributed by atoms with Gasteiger partial charge in [0, 0.05) is 0 Å². The maximum absolute atomic E-state index is 12.6. The molecular weight excluding hydrogens is 340 g/mol. The van der Waals surface area contributed by atoms with Crippen LogP contribution in [0.5, 0.6) is 5.75 Å². The van der Waals surface area contributed by atoms with Gasteiger partial charge in [-0.05, 0) is 45.0 Å². The van der Waals surface area contributed by atoms with Gasteiger partial charge in [0.1, 0.15) is 11.2 Å². The number of ether oxygens (including phenoxy) is 1. The molecule has 5 nitrogen and oxygen atoms in total. The van der Waals surface area contributed by atoms with E-state index in [0.29, 0.717) is 28.8 Å². The lowest BCUT2D eigenvalue weighted by atomic mass is 9.90. The molecule has 0 aromatic heterocycles. The van der Waals surface area contributed by atoms with Gasteiger partial charge >= 0.3 is 0 Å². The minimum absolute atomic E-state index is 0.411. The first kappa shape index (κ1) is 18.8. The lowest BCUT2D eigenvalue weighted by Crippen LogP contribution is -2.41. The Hall–Kier alpha value is -2.53. The topological polar surface area (TPSA) is 67.4 Å². The van der Waals surface area contributed by atoms with Gasteiger partial charge in [-0.15, -0.1) is 0 Å². The Labute approximate surface area is 152 Å². The van der Waals surface area contributed by atoms with Crippen molar-refractivity contribution in [3.63, 3.8) is 0 Å². The van der Waals surface area contributed by atoms with Crippen molar-refractivity contribution in [2.24, 2.45) is 5.41 Å². The van der Waals surface area contributed by atoms with Gasteiger partial charge in [-0.2, -0.15) is 0 Å². The second-order valence-corrected chi connectivity index (χ2v) is 6.35. The zero-order valence-corrected chi connectivity index (χ0v) is 15.2. The first-order valence-corrected chi connectivity index (χ1v) is 8.33. The van der Waals surface area contributed by atoms with Crippen LogP contribution in [-0.4, -0.2) is 18.4 Å². The molecule has 0 spiro atoms. The molecule has 0 aliphatic heterocycles. The molecule has 0 radical (unpaired) electrons. The van der Waals surface area contributed by atoms with E-state index in [4.69, 9.17) is 16.3 Å². The molecule has 2 rings (SSSR count). The minimum atomic E-state index is -1.31. The summed E-state index contributed by atoms with van der Waals surface area (Å²) in [5.74, 6) is -0.336. The summed E-state index contributed by atoms with van der Waals surface area (Å²) < 4.78 is 5.49. The third-order valence-corrected chi connectivity index (χ3v) is 4.02. The summed E-state index contributed by atoms with van der Waals surface area (Å²) in [5.41, 5.74) is -0.323. The van der Waals surface area contributed by atoms with Crippen LogP contribution < -0.4 is 15.4 Å². The number of para-hydroxylation sites is 3. The number of rotatable bonds is 6. The van der Waals surface area contributed by atoms with E-state index >= 15 is 0 Å². The van der Waals surface area contributed by atoms with Gasteiger partial charge < -0.3 is 15.4 Å². The molecule has 0 saturated heterocycles. The smallest absolute Gasteiger partial charge is 0.239 e. The normalized spacial score (nSPS) is 10.9. The largest absolute Gasteiger partial charge is 0.492 e. The summed E-state index contributed by atoms with van der Waals surface area (Å²) in [7, 11) is 0. The standard InChI is InChI=1S/C19H21ClN2O3/c1-4-25-16-12-8-7-11-15(16)22-18(24)19(2,3)17(23)21-14-10-6-5-9-13(14)20/h5-12H,4H2,1-3H3,(H,21,23)(H,22,24). The van der Waals surface area contributed by atoms with Crippen molar-refractivity contribution in [3.05, 3.63) is 53.6 Å². The van der Waals surface area contributed by atoms with Gasteiger partial charge in [0.15, 0.2) is 0 Å². The van der Waals surface area contributed by atoms with E-state index in [1.807, 2.05) is 13.0 Å². The molecule has 132 valence electrons. The predicted octanol–water partition coefficient (Wildman–Crippen LogP) is 4.34. The van der Waals surface area contributed by atoms with Crippen molar-refractivity contribution in [1.82, 2.24) is 0 Å². The van der Waals surface area contributed by atoms with Crippen LogP contribution in [0.1, 0.15) is 20.8 Å². The van der Waals surface area contributed by atoms with Crippen molar-refractivity contribution in [3.8, 4) is 5.75 Å². The van der Waals surface area contributed by atoms with Crippen molar-refractivity contribution in [2.75, 3.05) is 17.2 Å². The van der Waals surface area contributed by atoms with E-state index in [0.717, 1.165) is 0 Å². The Bertz CT molecular complexity index is 775. The van der Waals surface area contributed by atoms with E-state index < -0.39 is 17.2 Å². The molecule has 0 fully saturated rings. The summed E-state index contributed by atoms with van der Waals surface area (Å²) in [6.45, 7) is 5.44. The summed E-state index contributed by atoms with van der Waals surface area (Å²) in [5, 5.41) is 5.86. The number of anilines is 2. The molecule has 0 atom stereocenters. The zero-order valence-electron chi connectivity index (χ0n) is 14.4. The number of amides is 2. The Balaban J connectivity index is 2.14. The molecule has 0 heterocycles. The monoisotopic (exact) mass is 360 g/mol. The molecule has 0 bridgehead atoms. The molecular formula is C19H21ClN2O3. The molecule has 6 heteroatoms. The molecule has 25 heavy (non-hydrogen) atoms. The van der Waals surface area contributed by atoms with E-state index in [-0.39, 0.29) is 0 Å². The highest BCUT2D eigenvalue weighted by Crippen LogP contribution is 2.28. The van der Waals surface area contributed by atoms with Crippen molar-refractivity contribution >= 4 is 34.8 Å². The molecule has 2 aromatic rings. The third-order valence-electron chi connectivity index (χ3n) is 3.69. The molecule has 0 saturated carbocycles. The number of carbonyl (C=O) groups is 2. The predicted molar refractivity (Wildman–Crippen MR) is 100 cm³/mol. The van der Waals surface area contributed by atoms with Gasteiger partial charge in [-0.25, -0.2) is 0 Å². The Morgan fingerprint density at radius 2 is 1.48 bits per heavy atom. The molecule has 0 aliphatic rings. The summed E-state index contributed by atoms with van der Waals surface area (Å²) in [6.07, 6.45) is 0. The Morgan fingerprint density at radius 3 is 2.08 bits per heavy atom. The SMILES string of the molecule is CCOc1ccccc1NC(=O)C(C)(C)C(=O)Nc1ccccc1Cl. The molecule has 0 aliphatic carbocycles. The van der Waals surface area contributed by atoms with E-state index in [1.165, 1.54) is 0 Å². The zero-order chi connectivity index (χ0) is 18.4. The minimum Gasteiger partial charge on any atom is -0.492 e. The summed E-state index contributed by atoms with van der Waals surface area (Å²) in [4.78, 5) is 25.2. The van der Waals surface area contributed by atoms with Crippen LogP contribution in [0.25, 0.3) is 0 Å². The fourth-order valence-corrected chi connectivity index (χ4v) is 2.26. The molecule has 2 N–H and O–H groups in total. The first-order valence-electron chi connectivity index (χ1n) is 7.95. The fraction of sp³-hybridized carbons (Fsp3) is 0.263. The van der Waals surface area contributed by atoms with Crippen LogP contribution in [0.2, 0.25) is 5.02 Å². The van der Waals surface area contributed by atoms with Gasteiger partial charge in [0.05, 0.1) is 23.0 Å². The van der Waals surface area contributed by atoms with Crippen LogP contribution in [0, 0.1) is 5.41 Å². The highest BCUT2D eigenvalue weighted by Gasteiger charge is 2.36. The second kappa shape index (κ2) is 8.03. The second-order valence-electron chi connectivity index (χ2n) is 5.94. The van der Waals surface area contributed by atoms with Crippen molar-refractivity contribution in [1.29, 1.82) is 0 Å². The van der Waals surface area contributed by atoms with Crippen LogP contribution >= 0.6 is 11.6 Å². The summed E-state index contributed by atoms with van der Waals surface area (Å²) >= 11 is 6.05. The van der Waals surface area contributed by atoms with Gasteiger partial charge in [-0.1, -0.05) is 35.9 Å². The third kappa shape index (κ3) is 4.51. The van der Waals surface area contributed by atoms with E-state index in [9.17, 15) is 9.59 Å². The Kier molecular flexibility index (Phi) is 6.04. The molecule has 2 amide bonds. The number of hydrogen-bond donors (Lipinski definition) is 2. The van der Waals surface area contributed by atoms with Gasteiger partial charge in [0.2, 0.25) is 11.8 Å². The van der Waals surface area contributed by atoms with E-state index in [1.54, 1.807) is 56.3 Å². The summed E-state index contributed by atoms with van der Waals surface area (Å²) in [6, 6.07) is 14.0. The molecule has 0 unspecified atom stereocenters.